The zero-order valence-corrected chi connectivity index (χ0v) is 18.3. The fourth-order valence-electron chi connectivity index (χ4n) is 2.97. The van der Waals surface area contributed by atoms with E-state index in [-0.39, 0.29) is 41.8 Å². The predicted octanol–water partition coefficient (Wildman–Crippen LogP) is 3.14. The van der Waals surface area contributed by atoms with Crippen molar-refractivity contribution in [2.75, 3.05) is 26.2 Å². The molecule has 2 aromatic carbocycles. The Morgan fingerprint density at radius 2 is 1.43 bits per heavy atom. The van der Waals surface area contributed by atoms with Crippen LogP contribution < -0.4 is 0 Å². The Morgan fingerprint density at radius 3 is 2.00 bits per heavy atom. The van der Waals surface area contributed by atoms with Crippen molar-refractivity contribution in [2.45, 2.75) is 17.6 Å². The van der Waals surface area contributed by atoms with E-state index in [2.05, 4.69) is 0 Å². The van der Waals surface area contributed by atoms with Crippen LogP contribution in [0.15, 0.2) is 47.4 Å². The summed E-state index contributed by atoms with van der Waals surface area (Å²) in [5, 5.41) is 0.720. The summed E-state index contributed by atoms with van der Waals surface area (Å²) in [5.41, 5.74) is 1.43. The van der Waals surface area contributed by atoms with Gasteiger partial charge in [-0.3, -0.25) is 0 Å². The van der Waals surface area contributed by atoms with Crippen molar-refractivity contribution in [3.8, 4) is 0 Å². The highest BCUT2D eigenvalue weighted by molar-refractivity contribution is 7.89. The van der Waals surface area contributed by atoms with Crippen LogP contribution in [-0.4, -0.2) is 51.6 Å². The minimum atomic E-state index is -3.64. The molecule has 0 amide bonds. The topological polar surface area (TPSA) is 74.8 Å². The summed E-state index contributed by atoms with van der Waals surface area (Å²) in [5.74, 6) is -0.256. The number of aryl methyl sites for hydroxylation is 1. The zero-order valence-electron chi connectivity index (χ0n) is 15.2. The first-order chi connectivity index (χ1) is 13.1. The third-order valence-corrected chi connectivity index (χ3v) is 8.93. The van der Waals surface area contributed by atoms with Gasteiger partial charge in [-0.2, -0.15) is 8.61 Å². The molecule has 0 aromatic heterocycles. The van der Waals surface area contributed by atoms with Crippen molar-refractivity contribution in [1.29, 1.82) is 0 Å². The van der Waals surface area contributed by atoms with E-state index in [0.29, 0.717) is 10.6 Å². The van der Waals surface area contributed by atoms with Crippen molar-refractivity contribution in [1.82, 2.24) is 8.61 Å². The summed E-state index contributed by atoms with van der Waals surface area (Å²) in [6, 6.07) is 11.3. The highest BCUT2D eigenvalue weighted by atomic mass is 35.5. The highest BCUT2D eigenvalue weighted by Gasteiger charge is 2.33. The molecule has 0 bridgehead atoms. The van der Waals surface area contributed by atoms with Crippen LogP contribution in [0.2, 0.25) is 10.0 Å². The van der Waals surface area contributed by atoms with Crippen LogP contribution in [0, 0.1) is 6.92 Å². The number of halogens is 2. The van der Waals surface area contributed by atoms with Gasteiger partial charge in [0.1, 0.15) is 0 Å². The molecule has 0 atom stereocenters. The molecule has 1 saturated heterocycles. The van der Waals surface area contributed by atoms with Crippen LogP contribution in [0.5, 0.6) is 0 Å². The lowest BCUT2D eigenvalue weighted by molar-refractivity contribution is 0.272. The Hall–Kier alpha value is -1.16. The first-order valence-electron chi connectivity index (χ1n) is 8.58. The fraction of sp³-hybridized carbons (Fsp3) is 0.333. The maximum Gasteiger partial charge on any atom is 0.243 e. The lowest BCUT2D eigenvalue weighted by Crippen LogP contribution is -2.50. The summed E-state index contributed by atoms with van der Waals surface area (Å²) < 4.78 is 53.6. The fourth-order valence-corrected chi connectivity index (χ4v) is 6.50. The SMILES string of the molecule is Cc1ccc(S(=O)(=O)N2CCN(S(=O)(=O)Cc3ccc(Cl)cc3Cl)CC2)cc1. The van der Waals surface area contributed by atoms with Gasteiger partial charge in [0, 0.05) is 36.2 Å². The van der Waals surface area contributed by atoms with Crippen molar-refractivity contribution >= 4 is 43.2 Å². The van der Waals surface area contributed by atoms with Crippen molar-refractivity contribution < 1.29 is 16.8 Å². The molecule has 0 radical (unpaired) electrons. The first kappa shape index (κ1) is 21.5. The molecule has 0 unspecified atom stereocenters. The molecule has 1 aliphatic heterocycles. The van der Waals surface area contributed by atoms with E-state index < -0.39 is 20.0 Å². The van der Waals surface area contributed by atoms with E-state index in [4.69, 9.17) is 23.2 Å². The maximum atomic E-state index is 12.8. The Bertz CT molecular complexity index is 1060. The van der Waals surface area contributed by atoms with E-state index >= 15 is 0 Å². The quantitative estimate of drug-likeness (QED) is 0.683. The monoisotopic (exact) mass is 462 g/mol. The van der Waals surface area contributed by atoms with Crippen LogP contribution in [-0.2, 0) is 25.8 Å². The van der Waals surface area contributed by atoms with Gasteiger partial charge in [0.25, 0.3) is 0 Å². The number of hydrogen-bond acceptors (Lipinski definition) is 4. The molecule has 0 saturated carbocycles. The third kappa shape index (κ3) is 4.69. The van der Waals surface area contributed by atoms with Gasteiger partial charge in [0.15, 0.2) is 0 Å². The van der Waals surface area contributed by atoms with Gasteiger partial charge < -0.3 is 0 Å². The number of piperazine rings is 1. The van der Waals surface area contributed by atoms with Gasteiger partial charge in [-0.15, -0.1) is 0 Å². The molecule has 1 heterocycles. The molecule has 10 heteroatoms. The Balaban J connectivity index is 1.69. The largest absolute Gasteiger partial charge is 0.243 e. The maximum absolute atomic E-state index is 12.8. The lowest BCUT2D eigenvalue weighted by atomic mass is 10.2. The normalized spacial score (nSPS) is 17.0. The number of rotatable bonds is 5. The van der Waals surface area contributed by atoms with Crippen LogP contribution in [0.25, 0.3) is 0 Å². The summed E-state index contributed by atoms with van der Waals surface area (Å²) in [6.07, 6.45) is 0. The molecule has 152 valence electrons. The standard InChI is InChI=1S/C18H20Cl2N2O4S2/c1-14-2-6-17(7-3-14)28(25,26)22-10-8-21(9-11-22)27(23,24)13-15-4-5-16(19)12-18(15)20/h2-7,12H,8-11,13H2,1H3. The predicted molar refractivity (Wildman–Crippen MR) is 111 cm³/mol. The van der Waals surface area contributed by atoms with E-state index in [9.17, 15) is 16.8 Å². The molecule has 2 aromatic rings. The van der Waals surface area contributed by atoms with Crippen LogP contribution in [0.1, 0.15) is 11.1 Å². The highest BCUT2D eigenvalue weighted by Crippen LogP contribution is 2.25. The summed E-state index contributed by atoms with van der Waals surface area (Å²) in [7, 11) is -7.27. The summed E-state index contributed by atoms with van der Waals surface area (Å²) in [4.78, 5) is 0.211. The van der Waals surface area contributed by atoms with Gasteiger partial charge in [-0.1, -0.05) is 47.0 Å². The van der Waals surface area contributed by atoms with Gasteiger partial charge in [0.05, 0.1) is 10.6 Å². The zero-order chi connectivity index (χ0) is 20.5. The van der Waals surface area contributed by atoms with Gasteiger partial charge in [-0.05, 0) is 36.8 Å². The molecule has 3 rings (SSSR count). The van der Waals surface area contributed by atoms with Crippen LogP contribution in [0.4, 0.5) is 0 Å². The van der Waals surface area contributed by atoms with Crippen LogP contribution >= 0.6 is 23.2 Å². The molecule has 28 heavy (non-hydrogen) atoms. The Labute approximate surface area is 175 Å². The van der Waals surface area contributed by atoms with E-state index in [1.165, 1.54) is 14.7 Å². The second-order valence-electron chi connectivity index (χ2n) is 6.61. The molecule has 0 spiro atoms. The number of hydrogen-bond donors (Lipinski definition) is 0. The second kappa shape index (κ2) is 8.30. The van der Waals surface area contributed by atoms with Crippen molar-refractivity contribution in [3.05, 3.63) is 63.6 Å². The summed E-state index contributed by atoms with van der Waals surface area (Å²) in [6.45, 7) is 2.28. The van der Waals surface area contributed by atoms with Crippen molar-refractivity contribution in [2.24, 2.45) is 0 Å². The van der Waals surface area contributed by atoms with Gasteiger partial charge in [-0.25, -0.2) is 16.8 Å². The number of sulfonamides is 2. The number of nitrogens with zero attached hydrogens (tertiary/aromatic N) is 2. The molecule has 0 aliphatic carbocycles. The average molecular weight is 463 g/mol. The smallest absolute Gasteiger partial charge is 0.212 e. The second-order valence-corrected chi connectivity index (χ2v) is 11.4. The van der Waals surface area contributed by atoms with Crippen molar-refractivity contribution in [3.63, 3.8) is 0 Å². The average Bonchev–Trinajstić information content (AvgIpc) is 2.64. The van der Waals surface area contributed by atoms with E-state index in [1.54, 1.807) is 36.4 Å². The molecule has 1 aliphatic rings. The minimum Gasteiger partial charge on any atom is -0.212 e. The number of benzene rings is 2. The molecular weight excluding hydrogens is 443 g/mol. The molecule has 6 nitrogen and oxygen atoms in total. The summed E-state index contributed by atoms with van der Waals surface area (Å²) >= 11 is 11.9. The third-order valence-electron chi connectivity index (χ3n) is 4.60. The Kier molecular flexibility index (Phi) is 6.38. The first-order valence-corrected chi connectivity index (χ1v) is 12.4. The van der Waals surface area contributed by atoms with Gasteiger partial charge in [0.2, 0.25) is 20.0 Å². The van der Waals surface area contributed by atoms with E-state index in [0.717, 1.165) is 5.56 Å². The lowest BCUT2D eigenvalue weighted by Gasteiger charge is -2.33. The molecule has 1 fully saturated rings. The van der Waals surface area contributed by atoms with E-state index in [1.807, 2.05) is 6.92 Å². The minimum absolute atomic E-state index is 0.0959. The Morgan fingerprint density at radius 1 is 0.857 bits per heavy atom. The molecular formula is C18H20Cl2N2O4S2. The molecule has 0 N–H and O–H groups in total. The van der Waals surface area contributed by atoms with Gasteiger partial charge >= 0.3 is 0 Å². The van der Waals surface area contributed by atoms with Crippen LogP contribution in [0.3, 0.4) is 0 Å².